The predicted molar refractivity (Wildman–Crippen MR) is 78.5 cm³/mol. The third kappa shape index (κ3) is 4.57. The lowest BCUT2D eigenvalue weighted by Gasteiger charge is -2.33. The molecule has 0 fully saturated rings. The van der Waals surface area contributed by atoms with Crippen LogP contribution < -0.4 is 5.32 Å². The van der Waals surface area contributed by atoms with Crippen molar-refractivity contribution >= 4 is 29.1 Å². The SMILES string of the molecule is COCCN(C(=O)OC(C)(C)C)C1C(=O)NC=CC1=S. The minimum Gasteiger partial charge on any atom is -0.444 e. The highest BCUT2D eigenvalue weighted by Gasteiger charge is 2.35. The molecule has 20 heavy (non-hydrogen) atoms. The molecule has 0 aromatic rings. The van der Waals surface area contributed by atoms with Gasteiger partial charge >= 0.3 is 6.09 Å². The summed E-state index contributed by atoms with van der Waals surface area (Å²) in [5.41, 5.74) is -0.648. The Kier molecular flexibility index (Phi) is 5.64. The number of nitrogens with one attached hydrogen (secondary N) is 1. The number of amides is 2. The largest absolute Gasteiger partial charge is 0.444 e. The molecular weight excluding hydrogens is 280 g/mol. The topological polar surface area (TPSA) is 67.9 Å². The van der Waals surface area contributed by atoms with E-state index in [1.165, 1.54) is 18.2 Å². The lowest BCUT2D eigenvalue weighted by Crippen LogP contribution is -2.55. The zero-order chi connectivity index (χ0) is 15.3. The molecule has 0 spiro atoms. The van der Waals surface area contributed by atoms with Crippen molar-refractivity contribution in [3.63, 3.8) is 0 Å². The van der Waals surface area contributed by atoms with Crippen LogP contribution in [-0.2, 0) is 14.3 Å². The summed E-state index contributed by atoms with van der Waals surface area (Å²) in [5.74, 6) is -0.348. The van der Waals surface area contributed by atoms with Crippen LogP contribution in [0.4, 0.5) is 4.79 Å². The maximum atomic E-state index is 12.2. The van der Waals surface area contributed by atoms with Crippen LogP contribution in [0.3, 0.4) is 0 Å². The average molecular weight is 300 g/mol. The summed E-state index contributed by atoms with van der Waals surface area (Å²) < 4.78 is 10.3. The third-order valence-electron chi connectivity index (χ3n) is 2.47. The van der Waals surface area contributed by atoms with Gasteiger partial charge in [0.15, 0.2) is 0 Å². The standard InChI is InChI=1S/C13H20N2O4S/c1-13(2,3)19-12(17)15(7-8-18-4)10-9(20)5-6-14-11(10)16/h5-6,10H,7-8H2,1-4H3,(H,14,16). The zero-order valence-corrected chi connectivity index (χ0v) is 13.0. The summed E-state index contributed by atoms with van der Waals surface area (Å²) in [5, 5.41) is 2.54. The van der Waals surface area contributed by atoms with Gasteiger partial charge < -0.3 is 14.8 Å². The summed E-state index contributed by atoms with van der Waals surface area (Å²) >= 11 is 5.15. The molecule has 0 radical (unpaired) electrons. The number of carbonyl (C=O) groups excluding carboxylic acids is 2. The van der Waals surface area contributed by atoms with Gasteiger partial charge in [0.25, 0.3) is 5.91 Å². The molecule has 2 amide bonds. The van der Waals surface area contributed by atoms with E-state index in [4.69, 9.17) is 21.7 Å². The molecule has 1 aliphatic rings. The van der Waals surface area contributed by atoms with Crippen LogP contribution in [0.5, 0.6) is 0 Å². The first-order chi connectivity index (χ1) is 9.26. The van der Waals surface area contributed by atoms with Gasteiger partial charge in [-0.05, 0) is 26.8 Å². The van der Waals surface area contributed by atoms with Crippen molar-refractivity contribution in [3.05, 3.63) is 12.3 Å². The molecule has 1 rings (SSSR count). The fourth-order valence-electron chi connectivity index (χ4n) is 1.64. The Morgan fingerprint density at radius 3 is 2.65 bits per heavy atom. The van der Waals surface area contributed by atoms with Crippen LogP contribution >= 0.6 is 12.2 Å². The molecular formula is C13H20N2O4S. The molecule has 1 heterocycles. The van der Waals surface area contributed by atoms with Crippen molar-refractivity contribution in [1.29, 1.82) is 0 Å². The van der Waals surface area contributed by atoms with Gasteiger partial charge in [0.05, 0.1) is 6.61 Å². The Labute approximate surface area is 124 Å². The van der Waals surface area contributed by atoms with Crippen LogP contribution in [0, 0.1) is 0 Å². The van der Waals surface area contributed by atoms with Gasteiger partial charge in [-0.1, -0.05) is 12.2 Å². The van der Waals surface area contributed by atoms with E-state index in [-0.39, 0.29) is 19.1 Å². The van der Waals surface area contributed by atoms with Gasteiger partial charge in [-0.3, -0.25) is 9.69 Å². The third-order valence-corrected chi connectivity index (χ3v) is 2.83. The molecule has 0 aliphatic carbocycles. The number of methoxy groups -OCH3 is 1. The molecule has 7 heteroatoms. The van der Waals surface area contributed by atoms with Crippen molar-refractivity contribution in [2.75, 3.05) is 20.3 Å². The van der Waals surface area contributed by atoms with Gasteiger partial charge in [0, 0.05) is 24.7 Å². The first-order valence-electron chi connectivity index (χ1n) is 6.25. The molecule has 0 aromatic heterocycles. The summed E-state index contributed by atoms with van der Waals surface area (Å²) in [6.45, 7) is 5.79. The fraction of sp³-hybridized carbons (Fsp3) is 0.615. The van der Waals surface area contributed by atoms with E-state index in [1.807, 2.05) is 0 Å². The highest BCUT2D eigenvalue weighted by atomic mass is 32.1. The average Bonchev–Trinajstić information content (AvgIpc) is 2.30. The van der Waals surface area contributed by atoms with Crippen molar-refractivity contribution in [2.24, 2.45) is 0 Å². The molecule has 1 unspecified atom stereocenters. The second-order valence-electron chi connectivity index (χ2n) is 5.31. The van der Waals surface area contributed by atoms with Crippen LogP contribution in [0.25, 0.3) is 0 Å². The summed E-state index contributed by atoms with van der Waals surface area (Å²) in [4.78, 5) is 25.8. The highest BCUT2D eigenvalue weighted by molar-refractivity contribution is 7.81. The lowest BCUT2D eigenvalue weighted by atomic mass is 10.1. The van der Waals surface area contributed by atoms with E-state index in [9.17, 15) is 9.59 Å². The Morgan fingerprint density at radius 1 is 1.50 bits per heavy atom. The summed E-state index contributed by atoms with van der Waals surface area (Å²) in [6.07, 6.45) is 2.46. The molecule has 0 saturated heterocycles. The minimum absolute atomic E-state index is 0.220. The smallest absolute Gasteiger partial charge is 0.411 e. The Hall–Kier alpha value is -1.47. The van der Waals surface area contributed by atoms with E-state index in [0.717, 1.165) is 0 Å². The minimum atomic E-state index is -0.847. The first-order valence-corrected chi connectivity index (χ1v) is 6.66. The maximum Gasteiger partial charge on any atom is 0.411 e. The molecule has 1 aliphatic heterocycles. The number of carbonyl (C=O) groups is 2. The molecule has 1 atom stereocenters. The number of nitrogens with zero attached hydrogens (tertiary/aromatic N) is 1. The van der Waals surface area contributed by atoms with E-state index in [1.54, 1.807) is 26.8 Å². The van der Waals surface area contributed by atoms with Gasteiger partial charge in [-0.15, -0.1) is 0 Å². The summed E-state index contributed by atoms with van der Waals surface area (Å²) in [6, 6.07) is -0.847. The first kappa shape index (κ1) is 16.6. The number of hydrogen-bond acceptors (Lipinski definition) is 5. The normalized spacial score (nSPS) is 18.7. The Balaban J connectivity index is 2.93. The van der Waals surface area contributed by atoms with Gasteiger partial charge in [-0.2, -0.15) is 0 Å². The van der Waals surface area contributed by atoms with Crippen LogP contribution in [0.15, 0.2) is 12.3 Å². The van der Waals surface area contributed by atoms with Crippen molar-refractivity contribution in [3.8, 4) is 0 Å². The van der Waals surface area contributed by atoms with Gasteiger partial charge in [-0.25, -0.2) is 4.79 Å². The second-order valence-corrected chi connectivity index (χ2v) is 5.78. The van der Waals surface area contributed by atoms with Crippen molar-refractivity contribution in [1.82, 2.24) is 10.2 Å². The van der Waals surface area contributed by atoms with Crippen molar-refractivity contribution in [2.45, 2.75) is 32.4 Å². The second kappa shape index (κ2) is 6.81. The van der Waals surface area contributed by atoms with Crippen LogP contribution in [0.1, 0.15) is 20.8 Å². The predicted octanol–water partition coefficient (Wildman–Crippen LogP) is 1.25. The summed E-state index contributed by atoms with van der Waals surface area (Å²) in [7, 11) is 1.52. The highest BCUT2D eigenvalue weighted by Crippen LogP contribution is 2.15. The maximum absolute atomic E-state index is 12.2. The lowest BCUT2D eigenvalue weighted by molar-refractivity contribution is -0.123. The number of ether oxygens (including phenoxy) is 2. The molecule has 6 nitrogen and oxygen atoms in total. The quantitative estimate of drug-likeness (QED) is 0.792. The number of rotatable bonds is 4. The Bertz CT molecular complexity index is 429. The molecule has 0 aromatic carbocycles. The number of hydrogen-bond donors (Lipinski definition) is 1. The molecule has 0 saturated carbocycles. The van der Waals surface area contributed by atoms with E-state index in [2.05, 4.69) is 5.32 Å². The van der Waals surface area contributed by atoms with Gasteiger partial charge in [0.1, 0.15) is 11.6 Å². The van der Waals surface area contributed by atoms with Crippen LogP contribution in [-0.4, -0.2) is 53.7 Å². The van der Waals surface area contributed by atoms with Crippen LogP contribution in [0.2, 0.25) is 0 Å². The molecule has 112 valence electrons. The van der Waals surface area contributed by atoms with E-state index < -0.39 is 17.7 Å². The fourth-order valence-corrected chi connectivity index (χ4v) is 1.94. The molecule has 1 N–H and O–H groups in total. The van der Waals surface area contributed by atoms with Gasteiger partial charge in [0.2, 0.25) is 0 Å². The zero-order valence-electron chi connectivity index (χ0n) is 12.1. The monoisotopic (exact) mass is 300 g/mol. The van der Waals surface area contributed by atoms with E-state index in [0.29, 0.717) is 4.86 Å². The molecule has 0 bridgehead atoms. The van der Waals surface area contributed by atoms with E-state index >= 15 is 0 Å². The number of thiocarbonyl (C=S) groups is 1. The van der Waals surface area contributed by atoms with Crippen molar-refractivity contribution < 1.29 is 19.1 Å². The Morgan fingerprint density at radius 2 is 2.15 bits per heavy atom.